The van der Waals surface area contributed by atoms with E-state index in [1.807, 2.05) is 19.1 Å². The molecule has 0 unspecified atom stereocenters. The Kier molecular flexibility index (Phi) is 3.71. The predicted molar refractivity (Wildman–Crippen MR) is 105 cm³/mol. The number of hydrogen-bond donors (Lipinski definition) is 2. The Bertz CT molecular complexity index is 921. The number of esters is 1. The maximum Gasteiger partial charge on any atom is 0.335 e. The number of rotatable bonds is 3. The van der Waals surface area contributed by atoms with Crippen LogP contribution in [0.2, 0.25) is 0 Å². The number of carbonyl (C=O) groups excluding carboxylic acids is 1. The van der Waals surface area contributed by atoms with Gasteiger partial charge >= 0.3 is 5.97 Å². The second-order valence-corrected chi connectivity index (χ2v) is 8.37. The van der Waals surface area contributed by atoms with Gasteiger partial charge in [0.25, 0.3) is 0 Å². The fourth-order valence-corrected chi connectivity index (χ4v) is 6.17. The number of ether oxygens (including phenoxy) is 2. The van der Waals surface area contributed by atoms with Crippen molar-refractivity contribution < 1.29 is 19.4 Å². The summed E-state index contributed by atoms with van der Waals surface area (Å²) in [4.78, 5) is 15.3. The van der Waals surface area contributed by atoms with Gasteiger partial charge in [0.15, 0.2) is 0 Å². The molecule has 1 fully saturated rings. The first-order valence-corrected chi connectivity index (χ1v) is 9.85. The topological polar surface area (TPSA) is 71.0 Å². The number of benzene rings is 1. The van der Waals surface area contributed by atoms with Crippen molar-refractivity contribution in [2.75, 3.05) is 32.6 Å². The van der Waals surface area contributed by atoms with Crippen molar-refractivity contribution in [3.05, 3.63) is 47.2 Å². The van der Waals surface area contributed by atoms with Crippen LogP contribution in [0, 0.1) is 5.41 Å². The molecule has 0 aromatic heterocycles. The van der Waals surface area contributed by atoms with E-state index in [0.717, 1.165) is 36.6 Å². The van der Waals surface area contributed by atoms with Crippen LogP contribution in [-0.2, 0) is 14.9 Å². The van der Waals surface area contributed by atoms with Gasteiger partial charge in [0.2, 0.25) is 0 Å². The molecule has 3 heterocycles. The minimum Gasteiger partial charge on any atom is -0.497 e. The number of anilines is 1. The standard InChI is InChI=1S/C22H26N2O4/c1-13(25)21-7-4-9-24-10-8-22(20(21)24)16-6-5-14(27-2)11-17(16)23-18(22)15(12-21)19(26)28-3/h4-7,11,13,20,23,25H,8-10,12H2,1-3H3/t13-,20-,21-,22-/m0/s1. The summed E-state index contributed by atoms with van der Waals surface area (Å²) in [5.74, 6) is 0.458. The van der Waals surface area contributed by atoms with Crippen LogP contribution in [0.1, 0.15) is 25.3 Å². The molecule has 0 bridgehead atoms. The molecule has 3 aliphatic heterocycles. The summed E-state index contributed by atoms with van der Waals surface area (Å²) in [6.45, 7) is 3.64. The van der Waals surface area contributed by atoms with Crippen LogP contribution in [0.15, 0.2) is 41.6 Å². The van der Waals surface area contributed by atoms with Gasteiger partial charge < -0.3 is 19.9 Å². The maximum absolute atomic E-state index is 12.8. The second kappa shape index (κ2) is 5.84. The normalized spacial score (nSPS) is 33.6. The van der Waals surface area contributed by atoms with Crippen LogP contribution < -0.4 is 10.1 Å². The van der Waals surface area contributed by atoms with Crippen LogP contribution in [-0.4, -0.2) is 55.4 Å². The van der Waals surface area contributed by atoms with E-state index in [4.69, 9.17) is 9.47 Å². The van der Waals surface area contributed by atoms with E-state index in [-0.39, 0.29) is 17.4 Å². The zero-order chi connectivity index (χ0) is 19.7. The lowest BCUT2D eigenvalue weighted by atomic mass is 9.54. The summed E-state index contributed by atoms with van der Waals surface area (Å²) in [5, 5.41) is 14.5. The van der Waals surface area contributed by atoms with Crippen LogP contribution in [0.4, 0.5) is 5.69 Å². The number of aliphatic hydroxyl groups excluding tert-OH is 1. The Balaban J connectivity index is 1.82. The van der Waals surface area contributed by atoms with Gasteiger partial charge in [-0.15, -0.1) is 0 Å². The quantitative estimate of drug-likeness (QED) is 0.617. The van der Waals surface area contributed by atoms with E-state index in [1.54, 1.807) is 7.11 Å². The molecule has 4 atom stereocenters. The lowest BCUT2D eigenvalue weighted by Gasteiger charge is -2.55. The molecular weight excluding hydrogens is 356 g/mol. The number of methoxy groups -OCH3 is 2. The molecule has 6 nitrogen and oxygen atoms in total. The van der Waals surface area contributed by atoms with E-state index < -0.39 is 11.5 Å². The number of hydrogen-bond acceptors (Lipinski definition) is 6. The zero-order valence-corrected chi connectivity index (χ0v) is 16.5. The Hall–Kier alpha value is -2.31. The fraction of sp³-hybridized carbons (Fsp3) is 0.500. The summed E-state index contributed by atoms with van der Waals surface area (Å²) in [7, 11) is 3.08. The van der Waals surface area contributed by atoms with Gasteiger partial charge in [0.1, 0.15) is 5.75 Å². The van der Waals surface area contributed by atoms with E-state index in [2.05, 4.69) is 28.4 Å². The van der Waals surface area contributed by atoms with Crippen LogP contribution in [0.3, 0.4) is 0 Å². The van der Waals surface area contributed by atoms with Crippen LogP contribution in [0.5, 0.6) is 5.75 Å². The summed E-state index contributed by atoms with van der Waals surface area (Å²) < 4.78 is 10.6. The highest BCUT2D eigenvalue weighted by Gasteiger charge is 2.67. The maximum atomic E-state index is 12.8. The smallest absolute Gasteiger partial charge is 0.335 e. The molecule has 1 aromatic rings. The summed E-state index contributed by atoms with van der Waals surface area (Å²) in [6.07, 6.45) is 5.06. The Morgan fingerprint density at radius 2 is 2.21 bits per heavy atom. The highest BCUT2D eigenvalue weighted by Crippen LogP contribution is 2.64. The number of fused-ring (bicyclic) bond motifs is 1. The van der Waals surface area contributed by atoms with E-state index >= 15 is 0 Å². The Morgan fingerprint density at radius 3 is 2.93 bits per heavy atom. The first-order chi connectivity index (χ1) is 13.5. The van der Waals surface area contributed by atoms with Gasteiger partial charge in [-0.05, 0) is 31.4 Å². The third kappa shape index (κ3) is 1.97. The largest absolute Gasteiger partial charge is 0.497 e. The van der Waals surface area contributed by atoms with Crippen molar-refractivity contribution >= 4 is 11.7 Å². The van der Waals surface area contributed by atoms with Crippen molar-refractivity contribution in [1.29, 1.82) is 0 Å². The van der Waals surface area contributed by atoms with Crippen molar-refractivity contribution in [1.82, 2.24) is 4.90 Å². The molecule has 1 saturated heterocycles. The highest BCUT2D eigenvalue weighted by molar-refractivity contribution is 5.93. The monoisotopic (exact) mass is 382 g/mol. The van der Waals surface area contributed by atoms with Crippen molar-refractivity contribution in [3.63, 3.8) is 0 Å². The molecule has 0 saturated carbocycles. The number of aliphatic hydroxyl groups is 1. The predicted octanol–water partition coefficient (Wildman–Crippen LogP) is 2.20. The second-order valence-electron chi connectivity index (χ2n) is 8.37. The Labute approximate surface area is 164 Å². The molecular formula is C22H26N2O4. The van der Waals surface area contributed by atoms with Crippen LogP contribution >= 0.6 is 0 Å². The molecule has 0 amide bonds. The van der Waals surface area contributed by atoms with E-state index in [1.165, 1.54) is 12.7 Å². The summed E-state index contributed by atoms with van der Waals surface area (Å²) in [6, 6.07) is 6.19. The molecule has 28 heavy (non-hydrogen) atoms. The zero-order valence-electron chi connectivity index (χ0n) is 16.5. The van der Waals surface area contributed by atoms with Crippen LogP contribution in [0.25, 0.3) is 0 Å². The number of nitrogens with zero attached hydrogens (tertiary/aromatic N) is 1. The van der Waals surface area contributed by atoms with Gasteiger partial charge in [-0.2, -0.15) is 0 Å². The number of nitrogens with one attached hydrogen (secondary N) is 1. The average Bonchev–Trinajstić information content (AvgIpc) is 3.26. The van der Waals surface area contributed by atoms with E-state index in [0.29, 0.717) is 12.0 Å². The summed E-state index contributed by atoms with van der Waals surface area (Å²) >= 11 is 0. The van der Waals surface area contributed by atoms with Gasteiger partial charge in [0, 0.05) is 42.0 Å². The lowest BCUT2D eigenvalue weighted by Crippen LogP contribution is -2.62. The first-order valence-electron chi connectivity index (χ1n) is 9.85. The third-order valence-corrected chi connectivity index (χ3v) is 7.31. The minimum absolute atomic E-state index is 0.0931. The third-order valence-electron chi connectivity index (χ3n) is 7.31. The van der Waals surface area contributed by atoms with Gasteiger partial charge in [0.05, 0.1) is 31.3 Å². The SMILES string of the molecule is COC(=O)C1=C2Nc3cc(OC)ccc3[C@@]23CCN2CC=C[C@@]([C@H](C)O)(C1)[C@H]23. The Morgan fingerprint density at radius 1 is 1.39 bits per heavy atom. The molecule has 5 rings (SSSR count). The van der Waals surface area contributed by atoms with Gasteiger partial charge in [-0.1, -0.05) is 18.2 Å². The molecule has 4 aliphatic rings. The fourth-order valence-electron chi connectivity index (χ4n) is 6.17. The summed E-state index contributed by atoms with van der Waals surface area (Å²) in [5.41, 5.74) is 2.87. The molecule has 0 radical (unpaired) electrons. The lowest BCUT2D eigenvalue weighted by molar-refractivity contribution is -0.137. The highest BCUT2D eigenvalue weighted by atomic mass is 16.5. The molecule has 2 N–H and O–H groups in total. The molecule has 1 spiro atoms. The van der Waals surface area contributed by atoms with Gasteiger partial charge in [-0.3, -0.25) is 4.90 Å². The van der Waals surface area contributed by atoms with E-state index in [9.17, 15) is 9.90 Å². The minimum atomic E-state index is -0.588. The average molecular weight is 382 g/mol. The molecule has 148 valence electrons. The molecule has 1 aliphatic carbocycles. The molecule has 1 aromatic carbocycles. The molecule has 6 heteroatoms. The van der Waals surface area contributed by atoms with Crippen molar-refractivity contribution in [2.45, 2.75) is 37.3 Å². The van der Waals surface area contributed by atoms with Gasteiger partial charge in [-0.25, -0.2) is 4.79 Å². The first kappa shape index (κ1) is 17.8. The number of carbonyl (C=O) groups is 1. The van der Waals surface area contributed by atoms with Crippen molar-refractivity contribution in [2.24, 2.45) is 5.41 Å². The van der Waals surface area contributed by atoms with Crippen molar-refractivity contribution in [3.8, 4) is 5.75 Å².